The molecule has 0 aliphatic rings. The van der Waals surface area contributed by atoms with Gasteiger partial charge >= 0.3 is 0 Å². The number of hydrogen-bond donors (Lipinski definition) is 2. The van der Waals surface area contributed by atoms with Gasteiger partial charge in [-0.25, -0.2) is 0 Å². The highest BCUT2D eigenvalue weighted by molar-refractivity contribution is 8.00. The van der Waals surface area contributed by atoms with Crippen LogP contribution in [0.5, 0.6) is 0 Å². The van der Waals surface area contributed by atoms with E-state index in [1.165, 1.54) is 16.2 Å². The lowest BCUT2D eigenvalue weighted by atomic mass is 10.1. The number of amides is 2. The Morgan fingerprint density at radius 3 is 2.32 bits per heavy atom. The maximum atomic E-state index is 12.4. The summed E-state index contributed by atoms with van der Waals surface area (Å²) >= 11 is 4.63. The molecule has 0 saturated carbocycles. The first kappa shape index (κ1) is 20.5. The highest BCUT2D eigenvalue weighted by Gasteiger charge is 2.16. The smallest absolute Gasteiger partial charge is 0.257 e. The Kier molecular flexibility index (Phi) is 6.48. The predicted molar refractivity (Wildman–Crippen MR) is 115 cm³/mol. The molecule has 0 bridgehead atoms. The van der Waals surface area contributed by atoms with E-state index in [0.717, 1.165) is 10.1 Å². The van der Waals surface area contributed by atoms with Gasteiger partial charge in [-0.05, 0) is 56.5 Å². The van der Waals surface area contributed by atoms with Gasteiger partial charge in [-0.15, -0.1) is 21.5 Å². The minimum atomic E-state index is -0.315. The third kappa shape index (κ3) is 5.88. The Bertz CT molecular complexity index is 944. The monoisotopic (exact) mass is 432 g/mol. The summed E-state index contributed by atoms with van der Waals surface area (Å²) in [6, 6.07) is 10.6. The summed E-state index contributed by atoms with van der Waals surface area (Å²) in [4.78, 5) is 25.8. The zero-order valence-corrected chi connectivity index (χ0v) is 18.1. The fourth-order valence-electron chi connectivity index (χ4n) is 2.20. The van der Waals surface area contributed by atoms with Crippen LogP contribution in [0.1, 0.15) is 46.4 Å². The minimum Gasteiger partial charge on any atom is -0.347 e. The molecule has 3 rings (SSSR count). The number of nitrogens with one attached hydrogen (secondary N) is 2. The van der Waals surface area contributed by atoms with Crippen LogP contribution in [0.15, 0.2) is 46.1 Å². The topological polar surface area (TPSA) is 84.0 Å². The van der Waals surface area contributed by atoms with Crippen LogP contribution >= 0.6 is 34.4 Å². The van der Waals surface area contributed by atoms with Crippen molar-refractivity contribution >= 4 is 51.4 Å². The van der Waals surface area contributed by atoms with Crippen LogP contribution in [-0.2, 0) is 5.75 Å². The summed E-state index contributed by atoms with van der Waals surface area (Å²) in [6.45, 7) is 5.76. The third-order valence-corrected chi connectivity index (χ3v) is 6.52. The van der Waals surface area contributed by atoms with Crippen molar-refractivity contribution in [3.05, 3.63) is 57.8 Å². The van der Waals surface area contributed by atoms with Crippen LogP contribution < -0.4 is 10.6 Å². The number of thiophene rings is 1. The van der Waals surface area contributed by atoms with Gasteiger partial charge in [0.25, 0.3) is 11.8 Å². The Hall–Kier alpha value is -2.23. The lowest BCUT2D eigenvalue weighted by Crippen LogP contribution is -2.40. The van der Waals surface area contributed by atoms with E-state index in [1.807, 2.05) is 32.2 Å². The van der Waals surface area contributed by atoms with E-state index in [4.69, 9.17) is 0 Å². The molecule has 146 valence electrons. The van der Waals surface area contributed by atoms with Gasteiger partial charge in [0.15, 0.2) is 4.34 Å². The molecule has 9 heteroatoms. The van der Waals surface area contributed by atoms with Gasteiger partial charge in [0.1, 0.15) is 0 Å². The van der Waals surface area contributed by atoms with Crippen LogP contribution in [0, 0.1) is 0 Å². The normalized spacial score (nSPS) is 11.2. The summed E-state index contributed by atoms with van der Waals surface area (Å²) in [5, 5.41) is 16.3. The van der Waals surface area contributed by atoms with Gasteiger partial charge in [0, 0.05) is 27.3 Å². The molecule has 0 atom stereocenters. The average molecular weight is 433 g/mol. The number of thioether (sulfide) groups is 1. The van der Waals surface area contributed by atoms with E-state index in [1.54, 1.807) is 47.4 Å². The first-order valence-electron chi connectivity index (χ1n) is 8.53. The van der Waals surface area contributed by atoms with E-state index in [2.05, 4.69) is 26.9 Å². The van der Waals surface area contributed by atoms with Crippen molar-refractivity contribution in [1.29, 1.82) is 0 Å². The van der Waals surface area contributed by atoms with Crippen LogP contribution in [0.4, 0.5) is 5.13 Å². The Morgan fingerprint density at radius 1 is 1.04 bits per heavy atom. The molecule has 28 heavy (non-hydrogen) atoms. The number of carbonyl (C=O) groups excluding carboxylic acids is 2. The van der Waals surface area contributed by atoms with Crippen molar-refractivity contribution < 1.29 is 9.59 Å². The van der Waals surface area contributed by atoms with Gasteiger partial charge in [-0.3, -0.25) is 14.9 Å². The predicted octanol–water partition coefficient (Wildman–Crippen LogP) is 4.67. The second-order valence-corrected chi connectivity index (χ2v) is 10.2. The molecule has 2 aromatic heterocycles. The molecule has 0 fully saturated rings. The first-order valence-corrected chi connectivity index (χ1v) is 11.2. The number of benzene rings is 1. The lowest BCUT2D eigenvalue weighted by Gasteiger charge is -2.20. The molecular formula is C19H20N4O2S3. The lowest BCUT2D eigenvalue weighted by molar-refractivity contribution is 0.0918. The second kappa shape index (κ2) is 8.85. The number of nitrogens with zero attached hydrogens (tertiary/aromatic N) is 2. The maximum absolute atomic E-state index is 12.4. The highest BCUT2D eigenvalue weighted by atomic mass is 32.2. The number of aromatic nitrogens is 2. The van der Waals surface area contributed by atoms with Crippen LogP contribution in [0.3, 0.4) is 0 Å². The summed E-state index contributed by atoms with van der Waals surface area (Å²) < 4.78 is 0.804. The zero-order valence-electron chi connectivity index (χ0n) is 15.7. The minimum absolute atomic E-state index is 0.170. The molecule has 0 aliphatic heterocycles. The Morgan fingerprint density at radius 2 is 1.71 bits per heavy atom. The molecule has 1 aromatic carbocycles. The van der Waals surface area contributed by atoms with Crippen molar-refractivity contribution in [2.75, 3.05) is 5.32 Å². The van der Waals surface area contributed by atoms with Gasteiger partial charge in [-0.1, -0.05) is 29.2 Å². The van der Waals surface area contributed by atoms with Crippen LogP contribution in [-0.4, -0.2) is 27.6 Å². The SMILES string of the molecule is CC(C)(C)NC(=O)c1ccc(C(=O)Nc2nnc(SCc3cccs3)s2)cc1. The largest absolute Gasteiger partial charge is 0.347 e. The highest BCUT2D eigenvalue weighted by Crippen LogP contribution is 2.29. The number of rotatable bonds is 6. The molecule has 0 aliphatic carbocycles. The first-order chi connectivity index (χ1) is 13.3. The molecule has 3 aromatic rings. The zero-order chi connectivity index (χ0) is 20.1. The maximum Gasteiger partial charge on any atom is 0.257 e. The van der Waals surface area contributed by atoms with Crippen molar-refractivity contribution in [3.63, 3.8) is 0 Å². The van der Waals surface area contributed by atoms with Gasteiger partial charge in [0.2, 0.25) is 5.13 Å². The van der Waals surface area contributed by atoms with E-state index in [-0.39, 0.29) is 17.4 Å². The van der Waals surface area contributed by atoms with Crippen molar-refractivity contribution in [1.82, 2.24) is 15.5 Å². The molecule has 6 nitrogen and oxygen atoms in total. The van der Waals surface area contributed by atoms with E-state index >= 15 is 0 Å². The second-order valence-electron chi connectivity index (χ2n) is 6.98. The summed E-state index contributed by atoms with van der Waals surface area (Å²) in [5.74, 6) is 0.378. The van der Waals surface area contributed by atoms with Crippen molar-refractivity contribution in [2.45, 2.75) is 36.4 Å². The van der Waals surface area contributed by atoms with Crippen LogP contribution in [0.25, 0.3) is 0 Å². The average Bonchev–Trinajstić information content (AvgIpc) is 3.30. The van der Waals surface area contributed by atoms with Gasteiger partial charge in [-0.2, -0.15) is 0 Å². The molecule has 0 radical (unpaired) electrons. The number of anilines is 1. The fraction of sp³-hybridized carbons (Fsp3) is 0.263. The van der Waals surface area contributed by atoms with E-state index in [0.29, 0.717) is 16.3 Å². The molecular weight excluding hydrogens is 412 g/mol. The molecule has 0 saturated heterocycles. The van der Waals surface area contributed by atoms with Crippen molar-refractivity contribution in [2.24, 2.45) is 0 Å². The summed E-state index contributed by atoms with van der Waals surface area (Å²) in [5.41, 5.74) is 0.648. The summed E-state index contributed by atoms with van der Waals surface area (Å²) in [6.07, 6.45) is 0. The molecule has 2 N–H and O–H groups in total. The Labute approximate surface area is 175 Å². The Balaban J connectivity index is 1.56. The standard InChI is InChI=1S/C19H20N4O2S3/c1-19(2,3)21-16(25)13-8-6-12(7-9-13)15(24)20-17-22-23-18(28-17)27-11-14-5-4-10-26-14/h4-10H,11H2,1-3H3,(H,21,25)(H,20,22,24). The number of carbonyl (C=O) groups is 2. The molecule has 2 amide bonds. The molecule has 0 spiro atoms. The van der Waals surface area contributed by atoms with Crippen molar-refractivity contribution in [3.8, 4) is 0 Å². The quantitative estimate of drug-likeness (QED) is 0.437. The van der Waals surface area contributed by atoms with E-state index < -0.39 is 0 Å². The molecule has 2 heterocycles. The van der Waals surface area contributed by atoms with Crippen LogP contribution in [0.2, 0.25) is 0 Å². The van der Waals surface area contributed by atoms with Gasteiger partial charge in [0.05, 0.1) is 0 Å². The molecule has 0 unspecified atom stereocenters. The van der Waals surface area contributed by atoms with E-state index in [9.17, 15) is 9.59 Å². The van der Waals surface area contributed by atoms with Gasteiger partial charge < -0.3 is 5.32 Å². The third-order valence-electron chi connectivity index (χ3n) is 3.44. The fourth-order valence-corrected chi connectivity index (χ4v) is 4.72. The number of hydrogen-bond acceptors (Lipinski definition) is 7. The summed E-state index contributed by atoms with van der Waals surface area (Å²) in [7, 11) is 0.